The van der Waals surface area contributed by atoms with Gasteiger partial charge in [-0.15, -0.1) is 0 Å². The van der Waals surface area contributed by atoms with Crippen molar-refractivity contribution in [2.24, 2.45) is 0 Å². The lowest BCUT2D eigenvalue weighted by atomic mass is 10.2. The van der Waals surface area contributed by atoms with Gasteiger partial charge in [0.1, 0.15) is 11.6 Å². The molecule has 0 aromatic heterocycles. The Morgan fingerprint density at radius 2 is 2.00 bits per heavy atom. The molecule has 17 heavy (non-hydrogen) atoms. The Balaban J connectivity index is 2.62. The van der Waals surface area contributed by atoms with E-state index in [4.69, 9.17) is 5.73 Å². The summed E-state index contributed by atoms with van der Waals surface area (Å²) in [6.45, 7) is 2.03. The highest BCUT2D eigenvalue weighted by Gasteiger charge is 2.10. The van der Waals surface area contributed by atoms with E-state index in [-0.39, 0.29) is 17.3 Å². The third-order valence-corrected chi connectivity index (χ3v) is 2.37. The molecule has 94 valence electrons. The first kappa shape index (κ1) is 13.4. The summed E-state index contributed by atoms with van der Waals surface area (Å²) in [4.78, 5) is 11.4. The number of benzene rings is 1. The molecule has 0 atom stereocenters. The van der Waals surface area contributed by atoms with Gasteiger partial charge in [0.25, 0.3) is 0 Å². The Morgan fingerprint density at radius 1 is 1.29 bits per heavy atom. The topological polar surface area (TPSA) is 55.1 Å². The molecule has 0 fully saturated rings. The van der Waals surface area contributed by atoms with E-state index in [1.165, 1.54) is 0 Å². The van der Waals surface area contributed by atoms with Crippen molar-refractivity contribution in [2.45, 2.75) is 32.6 Å². The minimum Gasteiger partial charge on any atom is -0.396 e. The lowest BCUT2D eigenvalue weighted by Gasteiger charge is -2.07. The van der Waals surface area contributed by atoms with Crippen LogP contribution in [0.3, 0.4) is 0 Å². The summed E-state index contributed by atoms with van der Waals surface area (Å²) in [5.74, 6) is -1.93. The second-order valence-electron chi connectivity index (χ2n) is 3.86. The van der Waals surface area contributed by atoms with E-state index < -0.39 is 11.6 Å². The number of hydrogen-bond donors (Lipinski definition) is 2. The molecule has 1 aromatic carbocycles. The zero-order valence-electron chi connectivity index (χ0n) is 9.72. The quantitative estimate of drug-likeness (QED) is 0.616. The van der Waals surface area contributed by atoms with Crippen LogP contribution in [0.1, 0.15) is 32.6 Å². The first-order valence-corrected chi connectivity index (χ1v) is 5.59. The maximum Gasteiger partial charge on any atom is 0.224 e. The van der Waals surface area contributed by atoms with Crippen LogP contribution in [0.5, 0.6) is 0 Å². The molecule has 0 bridgehead atoms. The van der Waals surface area contributed by atoms with Gasteiger partial charge in [-0.05, 0) is 12.5 Å². The highest BCUT2D eigenvalue weighted by molar-refractivity contribution is 5.91. The van der Waals surface area contributed by atoms with Crippen LogP contribution < -0.4 is 11.1 Å². The van der Waals surface area contributed by atoms with E-state index in [9.17, 15) is 13.6 Å². The van der Waals surface area contributed by atoms with E-state index in [1.54, 1.807) is 0 Å². The molecule has 0 aliphatic rings. The number of amides is 1. The van der Waals surface area contributed by atoms with Crippen LogP contribution in [-0.4, -0.2) is 5.91 Å². The van der Waals surface area contributed by atoms with Gasteiger partial charge in [-0.3, -0.25) is 4.79 Å². The van der Waals surface area contributed by atoms with Gasteiger partial charge < -0.3 is 11.1 Å². The molecule has 0 radical (unpaired) electrons. The van der Waals surface area contributed by atoms with E-state index >= 15 is 0 Å². The normalized spacial score (nSPS) is 10.3. The van der Waals surface area contributed by atoms with Gasteiger partial charge >= 0.3 is 0 Å². The average molecular weight is 242 g/mol. The molecule has 0 aliphatic heterocycles. The van der Waals surface area contributed by atoms with Crippen LogP contribution in [0, 0.1) is 11.6 Å². The number of halogens is 2. The van der Waals surface area contributed by atoms with Crippen LogP contribution >= 0.6 is 0 Å². The number of hydrogen-bond acceptors (Lipinski definition) is 2. The van der Waals surface area contributed by atoms with Crippen LogP contribution in [0.25, 0.3) is 0 Å². The largest absolute Gasteiger partial charge is 0.396 e. The number of carbonyl (C=O) groups is 1. The Bertz CT molecular complexity index is 408. The van der Waals surface area contributed by atoms with Crippen LogP contribution in [0.2, 0.25) is 0 Å². The molecule has 1 aromatic rings. The summed E-state index contributed by atoms with van der Waals surface area (Å²) in [5.41, 5.74) is 5.03. The molecule has 1 amide bonds. The van der Waals surface area contributed by atoms with Crippen molar-refractivity contribution in [2.75, 3.05) is 11.1 Å². The molecule has 0 unspecified atom stereocenters. The monoisotopic (exact) mass is 242 g/mol. The first-order valence-electron chi connectivity index (χ1n) is 5.59. The second kappa shape index (κ2) is 6.18. The summed E-state index contributed by atoms with van der Waals surface area (Å²) in [7, 11) is 0. The van der Waals surface area contributed by atoms with Crippen LogP contribution in [-0.2, 0) is 4.79 Å². The van der Waals surface area contributed by atoms with E-state index in [0.29, 0.717) is 12.5 Å². The standard InChI is InChI=1S/C12H16F2N2O/c1-2-3-4-5-12(17)16-11-7-10(15)8(13)6-9(11)14/h6-7H,2-5,15H2,1H3,(H,16,17). The summed E-state index contributed by atoms with van der Waals surface area (Å²) in [6, 6.07) is 1.75. The van der Waals surface area contributed by atoms with Gasteiger partial charge in [0.15, 0.2) is 0 Å². The predicted molar refractivity (Wildman–Crippen MR) is 63.5 cm³/mol. The van der Waals surface area contributed by atoms with Gasteiger partial charge in [0.05, 0.1) is 11.4 Å². The SMILES string of the molecule is CCCCCC(=O)Nc1cc(N)c(F)cc1F. The van der Waals surface area contributed by atoms with Gasteiger partial charge in [0.2, 0.25) is 5.91 Å². The van der Waals surface area contributed by atoms with Crippen molar-refractivity contribution in [3.63, 3.8) is 0 Å². The Morgan fingerprint density at radius 3 is 2.65 bits per heavy atom. The molecule has 0 saturated heterocycles. The molecular formula is C12H16F2N2O. The van der Waals surface area contributed by atoms with Crippen molar-refractivity contribution < 1.29 is 13.6 Å². The minimum atomic E-state index is -0.827. The van der Waals surface area contributed by atoms with Gasteiger partial charge in [-0.2, -0.15) is 0 Å². The van der Waals surface area contributed by atoms with Crippen molar-refractivity contribution in [1.82, 2.24) is 0 Å². The zero-order chi connectivity index (χ0) is 12.8. The van der Waals surface area contributed by atoms with Crippen molar-refractivity contribution in [1.29, 1.82) is 0 Å². The smallest absolute Gasteiger partial charge is 0.224 e. The number of rotatable bonds is 5. The van der Waals surface area contributed by atoms with Gasteiger partial charge in [-0.25, -0.2) is 8.78 Å². The molecule has 0 saturated carbocycles. The molecular weight excluding hydrogens is 226 g/mol. The molecule has 1 rings (SSSR count). The van der Waals surface area contributed by atoms with Crippen LogP contribution in [0.4, 0.5) is 20.2 Å². The maximum atomic E-state index is 13.3. The molecule has 3 nitrogen and oxygen atoms in total. The Hall–Kier alpha value is -1.65. The molecule has 0 aliphatic carbocycles. The number of unbranched alkanes of at least 4 members (excludes halogenated alkanes) is 2. The van der Waals surface area contributed by atoms with Crippen molar-refractivity contribution in [3.8, 4) is 0 Å². The lowest BCUT2D eigenvalue weighted by molar-refractivity contribution is -0.116. The van der Waals surface area contributed by atoms with E-state index in [0.717, 1.165) is 25.3 Å². The highest BCUT2D eigenvalue weighted by atomic mass is 19.1. The zero-order valence-corrected chi connectivity index (χ0v) is 9.72. The maximum absolute atomic E-state index is 13.3. The summed E-state index contributed by atoms with van der Waals surface area (Å²) >= 11 is 0. The fourth-order valence-corrected chi connectivity index (χ4v) is 1.41. The third-order valence-electron chi connectivity index (χ3n) is 2.37. The molecule has 0 heterocycles. The van der Waals surface area contributed by atoms with E-state index in [1.807, 2.05) is 6.92 Å². The van der Waals surface area contributed by atoms with Crippen molar-refractivity contribution >= 4 is 17.3 Å². The summed E-state index contributed by atoms with van der Waals surface area (Å²) < 4.78 is 26.1. The highest BCUT2D eigenvalue weighted by Crippen LogP contribution is 2.21. The van der Waals surface area contributed by atoms with Crippen molar-refractivity contribution in [3.05, 3.63) is 23.8 Å². The second-order valence-corrected chi connectivity index (χ2v) is 3.86. The number of anilines is 2. The average Bonchev–Trinajstić information content (AvgIpc) is 2.26. The molecule has 0 spiro atoms. The molecule has 5 heteroatoms. The van der Waals surface area contributed by atoms with Crippen LogP contribution in [0.15, 0.2) is 12.1 Å². The minimum absolute atomic E-state index is 0.0783. The molecule has 3 N–H and O–H groups in total. The Kier molecular flexibility index (Phi) is 4.87. The Labute approximate surface area is 99.0 Å². The number of nitrogens with one attached hydrogen (secondary N) is 1. The number of nitrogen functional groups attached to an aromatic ring is 1. The van der Waals surface area contributed by atoms with Gasteiger partial charge in [-0.1, -0.05) is 19.8 Å². The number of carbonyl (C=O) groups excluding carboxylic acids is 1. The van der Waals surface area contributed by atoms with Gasteiger partial charge in [0, 0.05) is 12.5 Å². The fourth-order valence-electron chi connectivity index (χ4n) is 1.41. The predicted octanol–water partition coefficient (Wildman–Crippen LogP) is 3.07. The number of nitrogens with two attached hydrogens (primary N) is 1. The first-order chi connectivity index (χ1) is 8.04. The summed E-state index contributed by atoms with van der Waals surface area (Å²) in [6.07, 6.45) is 3.03. The lowest BCUT2D eigenvalue weighted by Crippen LogP contribution is -2.13. The third kappa shape index (κ3) is 4.01. The summed E-state index contributed by atoms with van der Waals surface area (Å²) in [5, 5.41) is 2.38. The fraction of sp³-hybridized carbons (Fsp3) is 0.417. The van der Waals surface area contributed by atoms with E-state index in [2.05, 4.69) is 5.32 Å².